The monoisotopic (exact) mass is 211 g/mol. The second-order valence-electron chi connectivity index (χ2n) is 2.84. The Hall–Kier alpha value is -2.24. The predicted molar refractivity (Wildman–Crippen MR) is 50.3 cm³/mol. The molecule has 0 bridgehead atoms. The lowest BCUT2D eigenvalue weighted by Gasteiger charge is -2.03. The second kappa shape index (κ2) is 4.32. The van der Waals surface area contributed by atoms with E-state index in [1.54, 1.807) is 0 Å². The van der Waals surface area contributed by atoms with Gasteiger partial charge in [0.15, 0.2) is 5.71 Å². The first kappa shape index (κ1) is 10.8. The molecule has 0 aliphatic rings. The van der Waals surface area contributed by atoms with Crippen LogP contribution in [0.15, 0.2) is 23.4 Å². The highest BCUT2D eigenvalue weighted by molar-refractivity contribution is 6.35. The van der Waals surface area contributed by atoms with Gasteiger partial charge in [-0.1, -0.05) is 11.2 Å². The lowest BCUT2D eigenvalue weighted by atomic mass is 10.1. The third-order valence-electron chi connectivity index (χ3n) is 1.79. The van der Waals surface area contributed by atoms with E-state index < -0.39 is 11.7 Å². The Labute approximate surface area is 84.7 Å². The van der Waals surface area contributed by atoms with Gasteiger partial charge >= 0.3 is 5.97 Å². The van der Waals surface area contributed by atoms with Crippen molar-refractivity contribution in [1.82, 2.24) is 0 Å². The number of phenolic OH excluding ortho intramolecular Hbond substituents is 2. The van der Waals surface area contributed by atoms with Gasteiger partial charge in [0, 0.05) is 18.1 Å². The van der Waals surface area contributed by atoms with Crippen LogP contribution in [-0.2, 0) is 11.2 Å². The van der Waals surface area contributed by atoms with Crippen molar-refractivity contribution in [3.05, 3.63) is 23.8 Å². The van der Waals surface area contributed by atoms with Gasteiger partial charge in [0.25, 0.3) is 0 Å². The molecular weight excluding hydrogens is 202 g/mol. The number of hydrogen-bond acceptors (Lipinski definition) is 5. The molecule has 0 aliphatic carbocycles. The highest BCUT2D eigenvalue weighted by atomic mass is 16.4. The average molecular weight is 211 g/mol. The van der Waals surface area contributed by atoms with Gasteiger partial charge in [-0.05, 0) is 6.07 Å². The van der Waals surface area contributed by atoms with E-state index in [0.29, 0.717) is 0 Å². The maximum Gasteiger partial charge on any atom is 0.354 e. The zero-order valence-corrected chi connectivity index (χ0v) is 7.58. The molecule has 80 valence electrons. The van der Waals surface area contributed by atoms with E-state index in [9.17, 15) is 9.90 Å². The van der Waals surface area contributed by atoms with Gasteiger partial charge in [0.05, 0.1) is 0 Å². The number of hydrogen-bond donors (Lipinski definition) is 4. The highest BCUT2D eigenvalue weighted by Gasteiger charge is 2.13. The number of phenols is 2. The fourth-order valence-corrected chi connectivity index (χ4v) is 1.04. The maximum atomic E-state index is 10.5. The van der Waals surface area contributed by atoms with Crippen LogP contribution in [0.5, 0.6) is 11.5 Å². The molecule has 1 rings (SSSR count). The minimum Gasteiger partial charge on any atom is -0.508 e. The number of rotatable bonds is 3. The summed E-state index contributed by atoms with van der Waals surface area (Å²) in [5.74, 6) is -1.75. The topological polar surface area (TPSA) is 110 Å². The number of benzene rings is 1. The molecule has 0 saturated carbocycles. The van der Waals surface area contributed by atoms with Crippen LogP contribution >= 0.6 is 0 Å². The summed E-state index contributed by atoms with van der Waals surface area (Å²) in [6, 6.07) is 3.72. The molecule has 6 heteroatoms. The molecule has 0 saturated heterocycles. The lowest BCUT2D eigenvalue weighted by Crippen LogP contribution is -2.15. The van der Waals surface area contributed by atoms with Gasteiger partial charge in [0.1, 0.15) is 11.5 Å². The average Bonchev–Trinajstić information content (AvgIpc) is 2.16. The van der Waals surface area contributed by atoms with Crippen molar-refractivity contribution in [3.63, 3.8) is 0 Å². The Kier molecular flexibility index (Phi) is 3.12. The number of carbonyl (C=O) groups is 1. The molecule has 0 heterocycles. The van der Waals surface area contributed by atoms with Crippen LogP contribution in [0, 0.1) is 0 Å². The molecule has 4 N–H and O–H groups in total. The molecule has 0 fully saturated rings. The molecular formula is C9H9NO5. The predicted octanol–water partition coefficient (Wildman–Crippen LogP) is 0.555. The number of carboxylic acids is 1. The van der Waals surface area contributed by atoms with Crippen LogP contribution < -0.4 is 0 Å². The summed E-state index contributed by atoms with van der Waals surface area (Å²) in [5.41, 5.74) is -0.237. The quantitative estimate of drug-likeness (QED) is 0.331. The molecule has 0 unspecified atom stereocenters. The van der Waals surface area contributed by atoms with Crippen molar-refractivity contribution in [3.8, 4) is 11.5 Å². The summed E-state index contributed by atoms with van der Waals surface area (Å²) in [6.45, 7) is 0. The Morgan fingerprint density at radius 1 is 1.33 bits per heavy atom. The van der Waals surface area contributed by atoms with Crippen LogP contribution in [0.1, 0.15) is 5.56 Å². The summed E-state index contributed by atoms with van der Waals surface area (Å²) in [5, 5.41) is 37.8. The highest BCUT2D eigenvalue weighted by Crippen LogP contribution is 2.23. The molecule has 0 aromatic heterocycles. The van der Waals surface area contributed by atoms with Gasteiger partial charge in [0.2, 0.25) is 0 Å². The van der Waals surface area contributed by atoms with E-state index in [0.717, 1.165) is 6.07 Å². The van der Waals surface area contributed by atoms with Gasteiger partial charge < -0.3 is 20.5 Å². The van der Waals surface area contributed by atoms with Crippen molar-refractivity contribution >= 4 is 11.7 Å². The minimum atomic E-state index is -1.37. The minimum absolute atomic E-state index is 0.130. The van der Waals surface area contributed by atoms with Crippen LogP contribution in [0.3, 0.4) is 0 Å². The van der Waals surface area contributed by atoms with E-state index in [1.807, 2.05) is 0 Å². The van der Waals surface area contributed by atoms with E-state index in [-0.39, 0.29) is 23.5 Å². The van der Waals surface area contributed by atoms with Crippen molar-refractivity contribution in [2.45, 2.75) is 6.42 Å². The molecule has 6 nitrogen and oxygen atoms in total. The van der Waals surface area contributed by atoms with E-state index in [4.69, 9.17) is 15.4 Å². The van der Waals surface area contributed by atoms with Gasteiger partial charge in [-0.2, -0.15) is 0 Å². The third kappa shape index (κ3) is 2.60. The van der Waals surface area contributed by atoms with E-state index in [1.165, 1.54) is 12.1 Å². The van der Waals surface area contributed by atoms with Gasteiger partial charge in [-0.25, -0.2) is 4.79 Å². The molecule has 1 aromatic carbocycles. The molecule has 0 atom stereocenters. The number of aromatic hydroxyl groups is 2. The van der Waals surface area contributed by atoms with Crippen molar-refractivity contribution in [1.29, 1.82) is 0 Å². The van der Waals surface area contributed by atoms with Crippen LogP contribution in [0.2, 0.25) is 0 Å². The summed E-state index contributed by atoms with van der Waals surface area (Å²) >= 11 is 0. The number of nitrogens with zero attached hydrogens (tertiary/aromatic N) is 1. The Bertz CT molecular complexity index is 413. The lowest BCUT2D eigenvalue weighted by molar-refractivity contribution is -0.129. The molecule has 1 aromatic rings. The van der Waals surface area contributed by atoms with E-state index >= 15 is 0 Å². The van der Waals surface area contributed by atoms with Crippen molar-refractivity contribution < 1.29 is 25.3 Å². The van der Waals surface area contributed by atoms with Gasteiger partial charge in [-0.15, -0.1) is 0 Å². The normalized spacial score (nSPS) is 11.3. The first-order valence-electron chi connectivity index (χ1n) is 3.99. The maximum absolute atomic E-state index is 10.5. The summed E-state index contributed by atoms with van der Waals surface area (Å²) in [4.78, 5) is 10.5. The number of oxime groups is 1. The smallest absolute Gasteiger partial charge is 0.354 e. The molecule has 15 heavy (non-hydrogen) atoms. The Morgan fingerprint density at radius 3 is 2.47 bits per heavy atom. The first-order chi connectivity index (χ1) is 7.04. The summed E-state index contributed by atoms with van der Waals surface area (Å²) in [7, 11) is 0. The Balaban J connectivity index is 2.94. The van der Waals surface area contributed by atoms with Crippen LogP contribution in [0.4, 0.5) is 0 Å². The molecule has 0 spiro atoms. The SMILES string of the molecule is O=C(O)C(Cc1ccc(O)cc1O)=NO. The van der Waals surface area contributed by atoms with Gasteiger partial charge in [-0.3, -0.25) is 0 Å². The largest absolute Gasteiger partial charge is 0.508 e. The van der Waals surface area contributed by atoms with Crippen molar-refractivity contribution in [2.75, 3.05) is 0 Å². The van der Waals surface area contributed by atoms with Crippen molar-refractivity contribution in [2.24, 2.45) is 5.16 Å². The Morgan fingerprint density at radius 2 is 2.00 bits per heavy atom. The summed E-state index contributed by atoms with van der Waals surface area (Å²) < 4.78 is 0. The fraction of sp³-hybridized carbons (Fsp3) is 0.111. The zero-order valence-electron chi connectivity index (χ0n) is 7.58. The standard InChI is InChI=1S/C9H9NO5/c11-6-2-1-5(8(12)4-6)3-7(10-15)9(13)14/h1-2,4,11-12,15H,3H2,(H,13,14). The number of aliphatic carboxylic acids is 1. The van der Waals surface area contributed by atoms with Crippen LogP contribution in [0.25, 0.3) is 0 Å². The molecule has 0 amide bonds. The molecule has 0 radical (unpaired) electrons. The first-order valence-corrected chi connectivity index (χ1v) is 3.99. The second-order valence-corrected chi connectivity index (χ2v) is 2.84. The third-order valence-corrected chi connectivity index (χ3v) is 1.79. The molecule has 0 aliphatic heterocycles. The van der Waals surface area contributed by atoms with Crippen LogP contribution in [-0.4, -0.2) is 32.2 Å². The number of carboxylic acid groups (broad SMARTS) is 1. The summed E-state index contributed by atoms with van der Waals surface area (Å²) in [6.07, 6.45) is -0.224. The fourth-order valence-electron chi connectivity index (χ4n) is 1.04. The zero-order chi connectivity index (χ0) is 11.4. The van der Waals surface area contributed by atoms with E-state index in [2.05, 4.69) is 5.16 Å².